The molecule has 3 nitrogen and oxygen atoms in total. The highest BCUT2D eigenvalue weighted by molar-refractivity contribution is 5.67. The molecule has 3 heterocycles. The monoisotopic (exact) mass is 307 g/mol. The Bertz CT molecular complexity index is 664. The van der Waals surface area contributed by atoms with Gasteiger partial charge in [0, 0.05) is 29.9 Å². The first-order valence-corrected chi connectivity index (χ1v) is 8.62. The van der Waals surface area contributed by atoms with E-state index in [1.165, 1.54) is 41.6 Å². The number of hydrogen-bond donors (Lipinski definition) is 1. The lowest BCUT2D eigenvalue weighted by Gasteiger charge is -2.36. The van der Waals surface area contributed by atoms with Crippen LogP contribution in [0.3, 0.4) is 0 Å². The minimum absolute atomic E-state index is 0.469. The van der Waals surface area contributed by atoms with E-state index in [1.54, 1.807) is 0 Å². The Morgan fingerprint density at radius 3 is 2.83 bits per heavy atom. The summed E-state index contributed by atoms with van der Waals surface area (Å²) in [6.45, 7) is 4.93. The first kappa shape index (κ1) is 15.6. The van der Waals surface area contributed by atoms with E-state index in [9.17, 15) is 0 Å². The normalized spacial score (nSPS) is 19.1. The van der Waals surface area contributed by atoms with E-state index < -0.39 is 0 Å². The van der Waals surface area contributed by atoms with Crippen LogP contribution in [-0.4, -0.2) is 16.6 Å². The van der Waals surface area contributed by atoms with Crippen molar-refractivity contribution < 1.29 is 0 Å². The summed E-state index contributed by atoms with van der Waals surface area (Å²) in [6.07, 6.45) is 9.64. The average molecular weight is 307 g/mol. The average Bonchev–Trinajstić information content (AvgIpc) is 3.13. The maximum Gasteiger partial charge on any atom is 0.0876 e. The Morgan fingerprint density at radius 1 is 1.13 bits per heavy atom. The van der Waals surface area contributed by atoms with Gasteiger partial charge in [-0.1, -0.05) is 44.2 Å². The Morgan fingerprint density at radius 2 is 2.00 bits per heavy atom. The molecule has 1 saturated heterocycles. The van der Waals surface area contributed by atoms with Gasteiger partial charge in [0.15, 0.2) is 0 Å². The van der Waals surface area contributed by atoms with Crippen LogP contribution in [0.4, 0.5) is 0 Å². The summed E-state index contributed by atoms with van der Waals surface area (Å²) in [5.41, 5.74) is 5.38. The van der Waals surface area contributed by atoms with Gasteiger partial charge in [0.05, 0.1) is 12.7 Å². The number of aromatic nitrogens is 1. The summed E-state index contributed by atoms with van der Waals surface area (Å²) in [6, 6.07) is 13.4. The van der Waals surface area contributed by atoms with Crippen LogP contribution < -0.4 is 5.32 Å². The molecular formula is C20H25N3. The molecule has 0 bridgehead atoms. The summed E-state index contributed by atoms with van der Waals surface area (Å²) in [4.78, 5) is 6.79. The van der Waals surface area contributed by atoms with Crippen molar-refractivity contribution in [2.24, 2.45) is 0 Å². The molecule has 1 aromatic carbocycles. The SMILES string of the molecule is C1=C2CCCC(c3ccccc3-c3cccnc3)N2CN1.CC. The van der Waals surface area contributed by atoms with Gasteiger partial charge in [0.1, 0.15) is 0 Å². The van der Waals surface area contributed by atoms with Crippen molar-refractivity contribution in [1.82, 2.24) is 15.2 Å². The Labute approximate surface area is 139 Å². The molecule has 0 amide bonds. The second-order valence-corrected chi connectivity index (χ2v) is 5.70. The number of rotatable bonds is 2. The molecule has 23 heavy (non-hydrogen) atoms. The third-order valence-electron chi connectivity index (χ3n) is 4.48. The second-order valence-electron chi connectivity index (χ2n) is 5.70. The van der Waals surface area contributed by atoms with Gasteiger partial charge in [-0.2, -0.15) is 0 Å². The van der Waals surface area contributed by atoms with E-state index in [-0.39, 0.29) is 0 Å². The number of allylic oxidation sites excluding steroid dienone is 1. The molecule has 4 rings (SSSR count). The van der Waals surface area contributed by atoms with E-state index in [2.05, 4.69) is 51.7 Å². The fourth-order valence-electron chi connectivity index (χ4n) is 3.50. The van der Waals surface area contributed by atoms with Gasteiger partial charge < -0.3 is 10.2 Å². The summed E-state index contributed by atoms with van der Waals surface area (Å²) < 4.78 is 0. The molecule has 2 aromatic rings. The van der Waals surface area contributed by atoms with Crippen LogP contribution in [0, 0.1) is 0 Å². The number of nitrogens with zero attached hydrogens (tertiary/aromatic N) is 2. The van der Waals surface area contributed by atoms with Crippen LogP contribution in [-0.2, 0) is 0 Å². The lowest BCUT2D eigenvalue weighted by atomic mass is 9.89. The van der Waals surface area contributed by atoms with Crippen LogP contribution in [0.2, 0.25) is 0 Å². The number of hydrogen-bond acceptors (Lipinski definition) is 3. The molecule has 1 N–H and O–H groups in total. The van der Waals surface area contributed by atoms with Crippen molar-refractivity contribution in [3.63, 3.8) is 0 Å². The van der Waals surface area contributed by atoms with Gasteiger partial charge in [-0.3, -0.25) is 4.98 Å². The zero-order valence-corrected chi connectivity index (χ0v) is 14.0. The maximum absolute atomic E-state index is 4.28. The highest BCUT2D eigenvalue weighted by Crippen LogP contribution is 2.40. The predicted octanol–water partition coefficient (Wildman–Crippen LogP) is 4.70. The first-order valence-electron chi connectivity index (χ1n) is 8.62. The number of nitrogens with one attached hydrogen (secondary N) is 1. The molecule has 0 radical (unpaired) electrons. The van der Waals surface area contributed by atoms with Crippen molar-refractivity contribution in [1.29, 1.82) is 0 Å². The van der Waals surface area contributed by atoms with Crippen molar-refractivity contribution in [3.8, 4) is 11.1 Å². The smallest absolute Gasteiger partial charge is 0.0876 e. The third-order valence-corrected chi connectivity index (χ3v) is 4.48. The minimum atomic E-state index is 0.469. The molecule has 2 aliphatic heterocycles. The molecule has 1 unspecified atom stereocenters. The molecule has 120 valence electrons. The predicted molar refractivity (Wildman–Crippen MR) is 95.5 cm³/mol. The van der Waals surface area contributed by atoms with Crippen LogP contribution in [0.5, 0.6) is 0 Å². The number of piperidine rings is 1. The minimum Gasteiger partial charge on any atom is -0.372 e. The molecule has 2 aliphatic rings. The van der Waals surface area contributed by atoms with E-state index in [0.717, 1.165) is 6.67 Å². The molecule has 0 spiro atoms. The van der Waals surface area contributed by atoms with Crippen LogP contribution in [0.15, 0.2) is 60.7 Å². The fourth-order valence-corrected chi connectivity index (χ4v) is 3.50. The van der Waals surface area contributed by atoms with Crippen molar-refractivity contribution in [3.05, 3.63) is 66.3 Å². The van der Waals surface area contributed by atoms with Crippen LogP contribution >= 0.6 is 0 Å². The number of benzene rings is 1. The standard InChI is InChI=1S/C18H19N3.C2H6/c1-2-8-17(16(7-1)14-5-4-10-19-11-14)18-9-3-6-15-12-20-13-21(15)18;1-2/h1-2,4-5,7-8,10-12,18,20H,3,6,9,13H2;1-2H3. The highest BCUT2D eigenvalue weighted by Gasteiger charge is 2.30. The molecular weight excluding hydrogens is 282 g/mol. The Hall–Kier alpha value is -2.29. The number of fused-ring (bicyclic) bond motifs is 1. The van der Waals surface area contributed by atoms with Gasteiger partial charge in [0.2, 0.25) is 0 Å². The molecule has 1 fully saturated rings. The van der Waals surface area contributed by atoms with Crippen molar-refractivity contribution >= 4 is 0 Å². The van der Waals surface area contributed by atoms with Crippen molar-refractivity contribution in [2.45, 2.75) is 39.2 Å². The Balaban J connectivity index is 0.000000753. The van der Waals surface area contributed by atoms with Crippen LogP contribution in [0.25, 0.3) is 11.1 Å². The quantitative estimate of drug-likeness (QED) is 0.871. The number of pyridine rings is 1. The topological polar surface area (TPSA) is 28.2 Å². The second kappa shape index (κ2) is 7.32. The van der Waals surface area contributed by atoms with Crippen molar-refractivity contribution in [2.75, 3.05) is 6.67 Å². The lowest BCUT2D eigenvalue weighted by Crippen LogP contribution is -2.31. The molecule has 0 aliphatic carbocycles. The zero-order chi connectivity index (χ0) is 16.1. The zero-order valence-electron chi connectivity index (χ0n) is 14.0. The van der Waals surface area contributed by atoms with E-state index in [1.807, 2.05) is 32.3 Å². The summed E-state index contributed by atoms with van der Waals surface area (Å²) in [7, 11) is 0. The highest BCUT2D eigenvalue weighted by atomic mass is 15.3. The molecule has 0 saturated carbocycles. The molecule has 1 aromatic heterocycles. The van der Waals surface area contributed by atoms with E-state index >= 15 is 0 Å². The third kappa shape index (κ3) is 3.09. The van der Waals surface area contributed by atoms with Gasteiger partial charge >= 0.3 is 0 Å². The van der Waals surface area contributed by atoms with Gasteiger partial charge in [-0.15, -0.1) is 0 Å². The molecule has 1 atom stereocenters. The summed E-state index contributed by atoms with van der Waals surface area (Å²) in [5, 5.41) is 3.37. The summed E-state index contributed by atoms with van der Waals surface area (Å²) in [5.74, 6) is 0. The Kier molecular flexibility index (Phi) is 4.96. The van der Waals surface area contributed by atoms with Crippen LogP contribution in [0.1, 0.15) is 44.7 Å². The maximum atomic E-state index is 4.28. The van der Waals surface area contributed by atoms with E-state index in [4.69, 9.17) is 0 Å². The summed E-state index contributed by atoms with van der Waals surface area (Å²) >= 11 is 0. The molecule has 3 heteroatoms. The first-order chi connectivity index (χ1) is 11.4. The van der Waals surface area contributed by atoms with Gasteiger partial charge in [-0.25, -0.2) is 0 Å². The largest absolute Gasteiger partial charge is 0.372 e. The van der Waals surface area contributed by atoms with Gasteiger partial charge in [0.25, 0.3) is 0 Å². The fraction of sp³-hybridized carbons (Fsp3) is 0.350. The van der Waals surface area contributed by atoms with Gasteiger partial charge in [-0.05, 0) is 36.5 Å². The van der Waals surface area contributed by atoms with E-state index in [0.29, 0.717) is 6.04 Å². The lowest BCUT2D eigenvalue weighted by molar-refractivity contribution is 0.215.